The Bertz CT molecular complexity index is 1070. The average molecular weight is 360 g/mol. The number of nitrogens with one attached hydrogen (secondary N) is 1. The van der Waals surface area contributed by atoms with Gasteiger partial charge >= 0.3 is 0 Å². The Kier molecular flexibility index (Phi) is 5.28. The monoisotopic (exact) mass is 360 g/mol. The van der Waals surface area contributed by atoms with Crippen molar-refractivity contribution in [2.75, 3.05) is 11.9 Å². The SMILES string of the molecule is CCOc1cc(=O)c(C(=O)Nc2cccc(C#N)c2)nn1-c1ccccc1. The molecule has 1 heterocycles. The predicted molar refractivity (Wildman–Crippen MR) is 100 cm³/mol. The highest BCUT2D eigenvalue weighted by Crippen LogP contribution is 2.16. The molecule has 2 aromatic carbocycles. The first-order valence-corrected chi connectivity index (χ1v) is 8.26. The second kappa shape index (κ2) is 7.97. The molecule has 27 heavy (non-hydrogen) atoms. The van der Waals surface area contributed by atoms with Gasteiger partial charge in [-0.1, -0.05) is 24.3 Å². The maximum atomic E-state index is 12.6. The van der Waals surface area contributed by atoms with Crippen LogP contribution in [0.4, 0.5) is 5.69 Å². The highest BCUT2D eigenvalue weighted by atomic mass is 16.5. The van der Waals surface area contributed by atoms with Crippen molar-refractivity contribution < 1.29 is 9.53 Å². The van der Waals surface area contributed by atoms with Crippen LogP contribution in [0.1, 0.15) is 23.0 Å². The number of carbonyl (C=O) groups excluding carboxylic acids is 1. The van der Waals surface area contributed by atoms with Gasteiger partial charge < -0.3 is 10.1 Å². The van der Waals surface area contributed by atoms with Crippen LogP contribution < -0.4 is 15.5 Å². The number of rotatable bonds is 5. The fraction of sp³-hybridized carbons (Fsp3) is 0.100. The van der Waals surface area contributed by atoms with Crippen LogP contribution in [-0.4, -0.2) is 22.3 Å². The van der Waals surface area contributed by atoms with Crippen LogP contribution in [-0.2, 0) is 0 Å². The molecule has 1 aromatic heterocycles. The van der Waals surface area contributed by atoms with Crippen molar-refractivity contribution in [1.82, 2.24) is 9.78 Å². The molecule has 0 aliphatic carbocycles. The number of aromatic nitrogens is 2. The van der Waals surface area contributed by atoms with E-state index in [-0.39, 0.29) is 11.6 Å². The molecule has 0 aliphatic rings. The van der Waals surface area contributed by atoms with E-state index in [1.54, 1.807) is 37.3 Å². The number of benzene rings is 2. The zero-order valence-electron chi connectivity index (χ0n) is 14.5. The summed E-state index contributed by atoms with van der Waals surface area (Å²) in [4.78, 5) is 25.0. The van der Waals surface area contributed by atoms with Crippen molar-refractivity contribution in [3.63, 3.8) is 0 Å². The standard InChI is InChI=1S/C20H16N4O3/c1-2-27-18-12-17(25)19(23-24(18)16-9-4-3-5-10-16)20(26)22-15-8-6-7-14(11-15)13-21/h3-12H,2H2,1H3,(H,22,26). The lowest BCUT2D eigenvalue weighted by atomic mass is 10.2. The molecule has 0 fully saturated rings. The molecular formula is C20H16N4O3. The number of anilines is 1. The molecule has 0 saturated heterocycles. The first-order valence-electron chi connectivity index (χ1n) is 8.26. The number of amides is 1. The van der Waals surface area contributed by atoms with Gasteiger partial charge in [-0.2, -0.15) is 10.4 Å². The summed E-state index contributed by atoms with van der Waals surface area (Å²) in [6, 6.07) is 18.7. The molecule has 1 N–H and O–H groups in total. The van der Waals surface area contributed by atoms with Gasteiger partial charge in [0.1, 0.15) is 0 Å². The molecular weight excluding hydrogens is 344 g/mol. The van der Waals surface area contributed by atoms with Crippen molar-refractivity contribution in [1.29, 1.82) is 5.26 Å². The normalized spacial score (nSPS) is 10.1. The van der Waals surface area contributed by atoms with Gasteiger partial charge in [-0.3, -0.25) is 9.59 Å². The van der Waals surface area contributed by atoms with Crippen molar-refractivity contribution >= 4 is 11.6 Å². The maximum absolute atomic E-state index is 12.6. The molecule has 3 rings (SSSR count). The van der Waals surface area contributed by atoms with Gasteiger partial charge in [0.15, 0.2) is 5.69 Å². The van der Waals surface area contributed by atoms with Gasteiger partial charge in [0.05, 0.1) is 30.0 Å². The maximum Gasteiger partial charge on any atom is 0.280 e. The van der Waals surface area contributed by atoms with Crippen molar-refractivity contribution in [3.8, 4) is 17.6 Å². The molecule has 7 nitrogen and oxygen atoms in total. The Morgan fingerprint density at radius 2 is 1.96 bits per heavy atom. The molecule has 0 aliphatic heterocycles. The molecule has 0 spiro atoms. The van der Waals surface area contributed by atoms with Crippen molar-refractivity contribution in [3.05, 3.63) is 82.1 Å². The smallest absolute Gasteiger partial charge is 0.280 e. The third kappa shape index (κ3) is 4.02. The number of para-hydroxylation sites is 1. The molecule has 7 heteroatoms. The molecule has 0 atom stereocenters. The van der Waals surface area contributed by atoms with Crippen LogP contribution in [0.2, 0.25) is 0 Å². The van der Waals surface area contributed by atoms with Crippen LogP contribution in [0.3, 0.4) is 0 Å². The van der Waals surface area contributed by atoms with E-state index < -0.39 is 11.3 Å². The minimum absolute atomic E-state index is 0.247. The molecule has 3 aromatic rings. The minimum atomic E-state index is -0.664. The van der Waals surface area contributed by atoms with Crippen LogP contribution >= 0.6 is 0 Å². The lowest BCUT2D eigenvalue weighted by Gasteiger charge is -2.13. The lowest BCUT2D eigenvalue weighted by molar-refractivity contribution is 0.101. The number of nitrogens with zero attached hydrogens (tertiary/aromatic N) is 3. The summed E-state index contributed by atoms with van der Waals surface area (Å²) in [7, 11) is 0. The molecule has 1 amide bonds. The first kappa shape index (κ1) is 17.9. The van der Waals surface area contributed by atoms with E-state index in [1.165, 1.54) is 16.8 Å². The van der Waals surface area contributed by atoms with Crippen LogP contribution in [0.5, 0.6) is 5.88 Å². The van der Waals surface area contributed by atoms with E-state index in [9.17, 15) is 9.59 Å². The fourth-order valence-corrected chi connectivity index (χ4v) is 2.46. The van der Waals surface area contributed by atoms with E-state index >= 15 is 0 Å². The molecule has 0 radical (unpaired) electrons. The number of hydrogen-bond donors (Lipinski definition) is 1. The summed E-state index contributed by atoms with van der Waals surface area (Å²) in [6.07, 6.45) is 0. The molecule has 0 saturated carbocycles. The Balaban J connectivity index is 2.01. The number of nitriles is 1. The number of ether oxygens (including phenoxy) is 1. The summed E-state index contributed by atoms with van der Waals surface area (Å²) >= 11 is 0. The van der Waals surface area contributed by atoms with Gasteiger partial charge in [-0.15, -0.1) is 0 Å². The van der Waals surface area contributed by atoms with Crippen LogP contribution in [0, 0.1) is 11.3 Å². The van der Waals surface area contributed by atoms with E-state index in [0.29, 0.717) is 23.5 Å². The Morgan fingerprint density at radius 1 is 1.19 bits per heavy atom. The highest BCUT2D eigenvalue weighted by Gasteiger charge is 2.17. The van der Waals surface area contributed by atoms with Gasteiger partial charge in [0.25, 0.3) is 5.91 Å². The first-order chi connectivity index (χ1) is 13.1. The minimum Gasteiger partial charge on any atom is -0.478 e. The third-order valence-electron chi connectivity index (χ3n) is 3.65. The van der Waals surface area contributed by atoms with E-state index in [0.717, 1.165) is 0 Å². The zero-order valence-corrected chi connectivity index (χ0v) is 14.5. The van der Waals surface area contributed by atoms with E-state index in [4.69, 9.17) is 10.00 Å². The highest BCUT2D eigenvalue weighted by molar-refractivity contribution is 6.02. The zero-order chi connectivity index (χ0) is 19.2. The number of carbonyl (C=O) groups is 1. The van der Waals surface area contributed by atoms with E-state index in [2.05, 4.69) is 10.4 Å². The Hall–Kier alpha value is -3.92. The Labute approximate surface area is 155 Å². The quantitative estimate of drug-likeness (QED) is 0.754. The van der Waals surface area contributed by atoms with E-state index in [1.807, 2.05) is 24.3 Å². The van der Waals surface area contributed by atoms with Crippen LogP contribution in [0.15, 0.2) is 65.5 Å². The second-order valence-corrected chi connectivity index (χ2v) is 5.52. The second-order valence-electron chi connectivity index (χ2n) is 5.52. The predicted octanol–water partition coefficient (Wildman–Crippen LogP) is 2.76. The topological polar surface area (TPSA) is 97.0 Å². The van der Waals surface area contributed by atoms with Gasteiger partial charge in [-0.05, 0) is 37.3 Å². The van der Waals surface area contributed by atoms with Crippen molar-refractivity contribution in [2.45, 2.75) is 6.92 Å². The molecule has 0 bridgehead atoms. The fourth-order valence-electron chi connectivity index (χ4n) is 2.46. The summed E-state index contributed by atoms with van der Waals surface area (Å²) in [5, 5.41) is 15.8. The average Bonchev–Trinajstić information content (AvgIpc) is 2.69. The molecule has 134 valence electrons. The summed E-state index contributed by atoms with van der Waals surface area (Å²) in [5.41, 5.74) is 0.625. The summed E-state index contributed by atoms with van der Waals surface area (Å²) < 4.78 is 6.90. The van der Waals surface area contributed by atoms with Gasteiger partial charge in [-0.25, -0.2) is 4.68 Å². The lowest BCUT2D eigenvalue weighted by Crippen LogP contribution is -2.26. The molecule has 0 unspecified atom stereocenters. The van der Waals surface area contributed by atoms with Gasteiger partial charge in [0, 0.05) is 5.69 Å². The Morgan fingerprint density at radius 3 is 2.67 bits per heavy atom. The summed E-state index contributed by atoms with van der Waals surface area (Å²) in [6.45, 7) is 2.14. The number of hydrogen-bond acceptors (Lipinski definition) is 5. The summed E-state index contributed by atoms with van der Waals surface area (Å²) in [5.74, 6) is -0.417. The largest absolute Gasteiger partial charge is 0.478 e. The van der Waals surface area contributed by atoms with Crippen LogP contribution in [0.25, 0.3) is 5.69 Å². The third-order valence-corrected chi connectivity index (χ3v) is 3.65. The van der Waals surface area contributed by atoms with Gasteiger partial charge in [0.2, 0.25) is 11.3 Å². The van der Waals surface area contributed by atoms with Crippen molar-refractivity contribution in [2.24, 2.45) is 0 Å².